The average Bonchev–Trinajstić information content (AvgIpc) is 2.89. The molecule has 0 bridgehead atoms. The minimum atomic E-state index is -0.857. The molecule has 0 atom stereocenters. The van der Waals surface area contributed by atoms with Crippen LogP contribution in [-0.4, -0.2) is 42.9 Å². The maximum absolute atomic E-state index is 13.1. The van der Waals surface area contributed by atoms with Crippen LogP contribution in [0, 0.1) is 19.7 Å². The van der Waals surface area contributed by atoms with E-state index in [-0.39, 0.29) is 12.4 Å². The van der Waals surface area contributed by atoms with Crippen molar-refractivity contribution in [1.82, 2.24) is 15.3 Å². The second-order valence-electron chi connectivity index (χ2n) is 5.59. The van der Waals surface area contributed by atoms with Gasteiger partial charge in [-0.05, 0) is 44.2 Å². The zero-order valence-corrected chi connectivity index (χ0v) is 14.9. The predicted molar refractivity (Wildman–Crippen MR) is 95.8 cm³/mol. The van der Waals surface area contributed by atoms with Crippen molar-refractivity contribution in [3.8, 4) is 5.69 Å². The van der Waals surface area contributed by atoms with Gasteiger partial charge in [-0.3, -0.25) is 9.59 Å². The van der Waals surface area contributed by atoms with Gasteiger partial charge in [0.15, 0.2) is 0 Å². The van der Waals surface area contributed by atoms with Crippen LogP contribution < -0.4 is 10.7 Å². The molecule has 26 heavy (non-hydrogen) atoms. The average molecular weight is 360 g/mol. The summed E-state index contributed by atoms with van der Waals surface area (Å²) < 4.78 is 19.8. The van der Waals surface area contributed by atoms with Gasteiger partial charge in [-0.2, -0.15) is 5.10 Å². The van der Waals surface area contributed by atoms with Crippen LogP contribution in [0.5, 0.6) is 0 Å². The Balaban J connectivity index is 2.05. The lowest BCUT2D eigenvalue weighted by molar-refractivity contribution is -0.139. The lowest BCUT2D eigenvalue weighted by Crippen LogP contribution is -2.39. The Morgan fingerprint density at radius 3 is 2.58 bits per heavy atom. The number of aryl methyl sites for hydroxylation is 1. The molecular formula is C18H21FN4O3. The van der Waals surface area contributed by atoms with Gasteiger partial charge in [-0.25, -0.2) is 9.82 Å². The summed E-state index contributed by atoms with van der Waals surface area (Å²) in [6, 6.07) is 8.03. The number of amides is 2. The van der Waals surface area contributed by atoms with E-state index < -0.39 is 11.8 Å². The van der Waals surface area contributed by atoms with Crippen molar-refractivity contribution in [3.05, 3.63) is 53.1 Å². The molecule has 2 N–H and O–H groups in total. The number of benzene rings is 1. The molecule has 0 spiro atoms. The second kappa shape index (κ2) is 8.91. The molecule has 0 aliphatic rings. The molecule has 0 radical (unpaired) electrons. The Morgan fingerprint density at radius 1 is 1.23 bits per heavy atom. The summed E-state index contributed by atoms with van der Waals surface area (Å²) in [6.07, 6.45) is 1.46. The molecule has 1 aromatic heterocycles. The normalized spacial score (nSPS) is 10.9. The third-order valence-corrected chi connectivity index (χ3v) is 3.72. The van der Waals surface area contributed by atoms with Crippen LogP contribution in [0.4, 0.5) is 4.39 Å². The number of carbonyl (C=O) groups excluding carboxylic acids is 2. The number of nitrogens with zero attached hydrogens (tertiary/aromatic N) is 2. The third kappa shape index (κ3) is 4.76. The first-order valence-corrected chi connectivity index (χ1v) is 7.99. The Labute approximate surface area is 150 Å². The molecule has 2 aromatic rings. The third-order valence-electron chi connectivity index (χ3n) is 3.72. The van der Waals surface area contributed by atoms with Gasteiger partial charge in [-0.15, -0.1) is 0 Å². The van der Waals surface area contributed by atoms with E-state index >= 15 is 0 Å². The molecular weight excluding hydrogens is 339 g/mol. The summed E-state index contributed by atoms with van der Waals surface area (Å²) in [4.78, 5) is 23.1. The fourth-order valence-electron chi connectivity index (χ4n) is 2.46. The van der Waals surface area contributed by atoms with Gasteiger partial charge in [0.1, 0.15) is 5.82 Å². The van der Waals surface area contributed by atoms with Gasteiger partial charge >= 0.3 is 11.8 Å². The summed E-state index contributed by atoms with van der Waals surface area (Å²) in [5.41, 5.74) is 5.57. The Bertz CT molecular complexity index is 813. The quantitative estimate of drug-likeness (QED) is 0.354. The number of hydrogen-bond acceptors (Lipinski definition) is 4. The zero-order chi connectivity index (χ0) is 19.1. The Hall–Kier alpha value is -3.00. The van der Waals surface area contributed by atoms with Gasteiger partial charge in [0.05, 0.1) is 12.8 Å². The topological polar surface area (TPSA) is 84.7 Å². The van der Waals surface area contributed by atoms with Crippen molar-refractivity contribution in [3.63, 3.8) is 0 Å². The number of hydrazone groups is 1. The smallest absolute Gasteiger partial charge is 0.329 e. The van der Waals surface area contributed by atoms with E-state index in [1.165, 1.54) is 25.5 Å². The van der Waals surface area contributed by atoms with Crippen LogP contribution in [0.1, 0.15) is 17.0 Å². The van der Waals surface area contributed by atoms with Crippen molar-refractivity contribution in [1.29, 1.82) is 0 Å². The fourth-order valence-corrected chi connectivity index (χ4v) is 2.46. The van der Waals surface area contributed by atoms with E-state index in [2.05, 4.69) is 15.8 Å². The number of ether oxygens (including phenoxy) is 1. The van der Waals surface area contributed by atoms with Crippen molar-refractivity contribution in [2.24, 2.45) is 5.10 Å². The first-order chi connectivity index (χ1) is 12.4. The SMILES string of the molecule is COCCNC(=O)C(=O)N/N=C\c1cc(C)n(-c2ccc(F)cc2)c1C. The maximum Gasteiger partial charge on any atom is 0.329 e. The molecule has 7 nitrogen and oxygen atoms in total. The standard InChI is InChI=1S/C18H21FN4O3/c1-12-10-14(11-21-22-18(25)17(24)20-8-9-26-3)13(2)23(12)16-6-4-15(19)5-7-16/h4-7,10-11H,8-9H2,1-3H3,(H,20,24)(H,22,25)/b21-11-. The summed E-state index contributed by atoms with van der Waals surface area (Å²) >= 11 is 0. The predicted octanol–water partition coefficient (Wildman–Crippen LogP) is 1.45. The molecule has 1 aromatic carbocycles. The lowest BCUT2D eigenvalue weighted by Gasteiger charge is -2.09. The minimum Gasteiger partial charge on any atom is -0.383 e. The van der Waals surface area contributed by atoms with Crippen molar-refractivity contribution < 1.29 is 18.7 Å². The summed E-state index contributed by atoms with van der Waals surface area (Å²) in [6.45, 7) is 4.36. The first-order valence-electron chi connectivity index (χ1n) is 7.99. The molecule has 2 rings (SSSR count). The van der Waals surface area contributed by atoms with Crippen molar-refractivity contribution >= 4 is 18.0 Å². The van der Waals surface area contributed by atoms with Crippen LogP contribution in [0.15, 0.2) is 35.4 Å². The van der Waals surface area contributed by atoms with E-state index in [4.69, 9.17) is 4.74 Å². The maximum atomic E-state index is 13.1. The first kappa shape index (κ1) is 19.3. The van der Waals surface area contributed by atoms with Crippen LogP contribution >= 0.6 is 0 Å². The molecule has 0 saturated carbocycles. The number of carbonyl (C=O) groups is 2. The number of methoxy groups -OCH3 is 1. The molecule has 0 aliphatic carbocycles. The van der Waals surface area contributed by atoms with E-state index in [1.54, 1.807) is 12.1 Å². The van der Waals surface area contributed by atoms with Gasteiger partial charge in [0.25, 0.3) is 0 Å². The van der Waals surface area contributed by atoms with E-state index in [0.29, 0.717) is 6.61 Å². The number of aromatic nitrogens is 1. The van der Waals surface area contributed by atoms with Crippen molar-refractivity contribution in [2.75, 3.05) is 20.3 Å². The van der Waals surface area contributed by atoms with Crippen LogP contribution in [0.3, 0.4) is 0 Å². The number of hydrogen-bond donors (Lipinski definition) is 2. The number of nitrogens with one attached hydrogen (secondary N) is 2. The highest BCUT2D eigenvalue weighted by Gasteiger charge is 2.12. The van der Waals surface area contributed by atoms with Gasteiger partial charge in [0, 0.05) is 36.3 Å². The monoisotopic (exact) mass is 360 g/mol. The van der Waals surface area contributed by atoms with Gasteiger partial charge in [0.2, 0.25) is 0 Å². The largest absolute Gasteiger partial charge is 0.383 e. The van der Waals surface area contributed by atoms with Crippen LogP contribution in [0.25, 0.3) is 5.69 Å². The van der Waals surface area contributed by atoms with Crippen LogP contribution in [-0.2, 0) is 14.3 Å². The molecule has 0 saturated heterocycles. The Morgan fingerprint density at radius 2 is 1.92 bits per heavy atom. The molecule has 138 valence electrons. The summed E-state index contributed by atoms with van der Waals surface area (Å²) in [7, 11) is 1.50. The Kier molecular flexibility index (Phi) is 6.62. The molecule has 8 heteroatoms. The number of rotatable bonds is 6. The molecule has 0 fully saturated rings. The van der Waals surface area contributed by atoms with E-state index in [9.17, 15) is 14.0 Å². The van der Waals surface area contributed by atoms with Gasteiger partial charge < -0.3 is 14.6 Å². The zero-order valence-electron chi connectivity index (χ0n) is 14.9. The molecule has 0 unspecified atom stereocenters. The highest BCUT2D eigenvalue weighted by molar-refractivity contribution is 6.35. The molecule has 0 aliphatic heterocycles. The highest BCUT2D eigenvalue weighted by atomic mass is 19.1. The van der Waals surface area contributed by atoms with Crippen molar-refractivity contribution in [2.45, 2.75) is 13.8 Å². The van der Waals surface area contributed by atoms with Gasteiger partial charge in [-0.1, -0.05) is 0 Å². The number of halogens is 1. The van der Waals surface area contributed by atoms with Crippen LogP contribution in [0.2, 0.25) is 0 Å². The van der Waals surface area contributed by atoms with E-state index in [0.717, 1.165) is 22.6 Å². The van der Waals surface area contributed by atoms with E-state index in [1.807, 2.05) is 24.5 Å². The summed E-state index contributed by atoms with van der Waals surface area (Å²) in [5.74, 6) is -1.94. The lowest BCUT2D eigenvalue weighted by atomic mass is 10.2. The fraction of sp³-hybridized carbons (Fsp3) is 0.278. The second-order valence-corrected chi connectivity index (χ2v) is 5.59. The molecule has 1 heterocycles. The molecule has 2 amide bonds. The summed E-state index contributed by atoms with van der Waals surface area (Å²) in [5, 5.41) is 6.22. The highest BCUT2D eigenvalue weighted by Crippen LogP contribution is 2.19. The minimum absolute atomic E-state index is 0.241.